The Balaban J connectivity index is 1.82. The topological polar surface area (TPSA) is 84.6 Å². The van der Waals surface area contributed by atoms with Crippen molar-refractivity contribution in [3.05, 3.63) is 39.9 Å². The molecule has 0 radical (unpaired) electrons. The summed E-state index contributed by atoms with van der Waals surface area (Å²) in [6, 6.07) is 6.38. The van der Waals surface area contributed by atoms with E-state index in [1.54, 1.807) is 19.2 Å². The molecule has 1 aromatic rings. The van der Waals surface area contributed by atoms with Crippen molar-refractivity contribution in [1.82, 2.24) is 5.32 Å². The normalized spacial score (nSPS) is 23.7. The molecule has 0 amide bonds. The lowest BCUT2D eigenvalue weighted by Gasteiger charge is -2.16. The second-order valence-electron chi connectivity index (χ2n) is 5.14. The number of nitrogens with zero attached hydrogens (tertiary/aromatic N) is 1. The zero-order valence-electron chi connectivity index (χ0n) is 11.5. The van der Waals surface area contributed by atoms with Crippen molar-refractivity contribution in [1.29, 1.82) is 0 Å². The van der Waals surface area contributed by atoms with E-state index in [-0.39, 0.29) is 5.69 Å². The van der Waals surface area contributed by atoms with Crippen molar-refractivity contribution in [2.75, 3.05) is 13.7 Å². The van der Waals surface area contributed by atoms with Crippen molar-refractivity contribution >= 4 is 5.69 Å². The summed E-state index contributed by atoms with van der Waals surface area (Å²) in [6.45, 7) is 0.443. The fraction of sp³-hybridized carbons (Fsp3) is 0.571. The third-order valence-electron chi connectivity index (χ3n) is 3.81. The predicted octanol–water partition coefficient (Wildman–Crippen LogP) is 1.79. The van der Waals surface area contributed by atoms with Gasteiger partial charge in [-0.05, 0) is 37.0 Å². The van der Waals surface area contributed by atoms with Gasteiger partial charge in [0.15, 0.2) is 0 Å². The second-order valence-corrected chi connectivity index (χ2v) is 5.14. The Kier molecular flexibility index (Phi) is 5.05. The van der Waals surface area contributed by atoms with Crippen LogP contribution in [0, 0.1) is 10.1 Å². The summed E-state index contributed by atoms with van der Waals surface area (Å²) >= 11 is 0. The van der Waals surface area contributed by atoms with E-state index in [1.807, 2.05) is 0 Å². The summed E-state index contributed by atoms with van der Waals surface area (Å²) in [5.41, 5.74) is 0.719. The quantitative estimate of drug-likeness (QED) is 0.613. The average molecular weight is 280 g/mol. The SMILES string of the molecule is COC1CCC(NCC(O)c2ccc([N+](=O)[O-])cc2)C1. The first-order valence-electron chi connectivity index (χ1n) is 6.78. The van der Waals surface area contributed by atoms with Gasteiger partial charge in [-0.25, -0.2) is 0 Å². The molecule has 3 atom stereocenters. The fourth-order valence-electron chi connectivity index (χ4n) is 2.55. The van der Waals surface area contributed by atoms with Crippen LogP contribution >= 0.6 is 0 Å². The highest BCUT2D eigenvalue weighted by Crippen LogP contribution is 2.22. The molecular weight excluding hydrogens is 260 g/mol. The van der Waals surface area contributed by atoms with E-state index in [2.05, 4.69) is 5.32 Å². The summed E-state index contributed by atoms with van der Waals surface area (Å²) < 4.78 is 5.30. The van der Waals surface area contributed by atoms with Crippen LogP contribution in [0.2, 0.25) is 0 Å². The summed E-state index contributed by atoms with van der Waals surface area (Å²) in [7, 11) is 1.72. The molecule has 0 saturated heterocycles. The highest BCUT2D eigenvalue weighted by atomic mass is 16.6. The number of benzene rings is 1. The Morgan fingerprint density at radius 3 is 2.70 bits per heavy atom. The number of rotatable bonds is 6. The van der Waals surface area contributed by atoms with Crippen LogP contribution in [0.1, 0.15) is 30.9 Å². The Hall–Kier alpha value is -1.50. The molecule has 1 aromatic carbocycles. The molecule has 0 aliphatic heterocycles. The molecule has 0 heterocycles. The summed E-state index contributed by atoms with van der Waals surface area (Å²) in [5, 5.41) is 23.9. The molecule has 0 aromatic heterocycles. The van der Waals surface area contributed by atoms with Crippen molar-refractivity contribution < 1.29 is 14.8 Å². The zero-order valence-corrected chi connectivity index (χ0v) is 11.5. The Labute approximate surface area is 117 Å². The maximum Gasteiger partial charge on any atom is 0.269 e. The minimum Gasteiger partial charge on any atom is -0.387 e. The van der Waals surface area contributed by atoms with Gasteiger partial charge in [0.1, 0.15) is 0 Å². The number of aliphatic hydroxyl groups excluding tert-OH is 1. The van der Waals surface area contributed by atoms with Gasteiger partial charge in [-0.2, -0.15) is 0 Å². The molecule has 1 aliphatic carbocycles. The maximum atomic E-state index is 10.6. The lowest BCUT2D eigenvalue weighted by molar-refractivity contribution is -0.384. The van der Waals surface area contributed by atoms with Crippen LogP contribution in [-0.2, 0) is 4.74 Å². The summed E-state index contributed by atoms with van der Waals surface area (Å²) in [4.78, 5) is 10.1. The Bertz CT molecular complexity index is 449. The monoisotopic (exact) mass is 280 g/mol. The number of nitrogens with one attached hydrogen (secondary N) is 1. The van der Waals surface area contributed by atoms with Crippen LogP contribution in [0.25, 0.3) is 0 Å². The molecule has 3 unspecified atom stereocenters. The van der Waals surface area contributed by atoms with Gasteiger partial charge in [0, 0.05) is 31.8 Å². The van der Waals surface area contributed by atoms with E-state index in [4.69, 9.17) is 4.74 Å². The molecule has 110 valence electrons. The lowest BCUT2D eigenvalue weighted by Crippen LogP contribution is -2.31. The van der Waals surface area contributed by atoms with Crippen molar-refractivity contribution in [2.24, 2.45) is 0 Å². The van der Waals surface area contributed by atoms with Gasteiger partial charge >= 0.3 is 0 Å². The Morgan fingerprint density at radius 2 is 2.15 bits per heavy atom. The zero-order chi connectivity index (χ0) is 14.5. The first kappa shape index (κ1) is 14.9. The number of ether oxygens (including phenoxy) is 1. The van der Waals surface area contributed by atoms with E-state index in [9.17, 15) is 15.2 Å². The van der Waals surface area contributed by atoms with Crippen molar-refractivity contribution in [2.45, 2.75) is 37.5 Å². The minimum atomic E-state index is -0.655. The van der Waals surface area contributed by atoms with E-state index in [0.29, 0.717) is 24.3 Å². The first-order valence-corrected chi connectivity index (χ1v) is 6.78. The third-order valence-corrected chi connectivity index (χ3v) is 3.81. The van der Waals surface area contributed by atoms with E-state index in [0.717, 1.165) is 19.3 Å². The molecule has 1 saturated carbocycles. The van der Waals surface area contributed by atoms with Crippen molar-refractivity contribution in [3.63, 3.8) is 0 Å². The minimum absolute atomic E-state index is 0.0349. The van der Waals surface area contributed by atoms with Crippen LogP contribution in [0.5, 0.6) is 0 Å². The van der Waals surface area contributed by atoms with Crippen LogP contribution in [0.4, 0.5) is 5.69 Å². The number of nitro benzene ring substituents is 1. The standard InChI is InChI=1S/C14H20N2O4/c1-20-13-7-4-11(8-13)15-9-14(17)10-2-5-12(6-3-10)16(18)19/h2-3,5-6,11,13-15,17H,4,7-9H2,1H3. The average Bonchev–Trinajstić information content (AvgIpc) is 2.93. The van der Waals surface area contributed by atoms with Crippen LogP contribution in [-0.4, -0.2) is 35.8 Å². The smallest absolute Gasteiger partial charge is 0.269 e. The largest absolute Gasteiger partial charge is 0.387 e. The first-order chi connectivity index (χ1) is 9.60. The molecule has 2 N–H and O–H groups in total. The third kappa shape index (κ3) is 3.75. The molecular formula is C14H20N2O4. The van der Waals surface area contributed by atoms with Crippen LogP contribution < -0.4 is 5.32 Å². The molecule has 0 bridgehead atoms. The highest BCUT2D eigenvalue weighted by molar-refractivity contribution is 5.33. The van der Waals surface area contributed by atoms with Gasteiger partial charge in [0.25, 0.3) is 5.69 Å². The molecule has 6 heteroatoms. The molecule has 0 spiro atoms. The number of aliphatic hydroxyl groups is 1. The lowest BCUT2D eigenvalue weighted by atomic mass is 10.1. The molecule has 20 heavy (non-hydrogen) atoms. The van der Waals surface area contributed by atoms with Gasteiger partial charge in [0.05, 0.1) is 17.1 Å². The van der Waals surface area contributed by atoms with E-state index in [1.165, 1.54) is 12.1 Å². The van der Waals surface area contributed by atoms with E-state index < -0.39 is 11.0 Å². The van der Waals surface area contributed by atoms with Crippen LogP contribution in [0.15, 0.2) is 24.3 Å². The number of hydrogen-bond acceptors (Lipinski definition) is 5. The number of nitro groups is 1. The van der Waals surface area contributed by atoms with Crippen LogP contribution in [0.3, 0.4) is 0 Å². The molecule has 2 rings (SSSR count). The molecule has 1 fully saturated rings. The highest BCUT2D eigenvalue weighted by Gasteiger charge is 2.24. The predicted molar refractivity (Wildman–Crippen MR) is 74.5 cm³/mol. The number of non-ortho nitro benzene ring substituents is 1. The maximum absolute atomic E-state index is 10.6. The number of methoxy groups -OCH3 is 1. The summed E-state index contributed by atoms with van der Waals surface area (Å²) in [5.74, 6) is 0. The summed E-state index contributed by atoms with van der Waals surface area (Å²) in [6.07, 6.45) is 2.71. The molecule has 1 aliphatic rings. The van der Waals surface area contributed by atoms with Gasteiger partial charge in [-0.15, -0.1) is 0 Å². The van der Waals surface area contributed by atoms with E-state index >= 15 is 0 Å². The number of hydrogen-bond donors (Lipinski definition) is 2. The van der Waals surface area contributed by atoms with Gasteiger partial charge in [-0.1, -0.05) is 0 Å². The fourth-order valence-corrected chi connectivity index (χ4v) is 2.55. The van der Waals surface area contributed by atoms with Crippen molar-refractivity contribution in [3.8, 4) is 0 Å². The Morgan fingerprint density at radius 1 is 1.45 bits per heavy atom. The van der Waals surface area contributed by atoms with Gasteiger partial charge < -0.3 is 15.2 Å². The molecule has 6 nitrogen and oxygen atoms in total. The van der Waals surface area contributed by atoms with Gasteiger partial charge in [0.2, 0.25) is 0 Å². The van der Waals surface area contributed by atoms with Gasteiger partial charge in [-0.3, -0.25) is 10.1 Å². The second kappa shape index (κ2) is 6.78.